The third kappa shape index (κ3) is 3.80. The largest absolute Gasteiger partial charge is 0.480 e. The Morgan fingerprint density at radius 2 is 2.00 bits per heavy atom. The molecule has 0 radical (unpaired) electrons. The van der Waals surface area contributed by atoms with Crippen LogP contribution in [-0.4, -0.2) is 53.6 Å². The van der Waals surface area contributed by atoms with Gasteiger partial charge in [-0.25, -0.2) is 4.79 Å². The minimum Gasteiger partial charge on any atom is -0.480 e. The lowest BCUT2D eigenvalue weighted by Gasteiger charge is -2.27. The lowest BCUT2D eigenvalue weighted by molar-refractivity contribution is -0.138. The summed E-state index contributed by atoms with van der Waals surface area (Å²) in [7, 11) is 0. The Hall–Kier alpha value is -2.57. The fourth-order valence-corrected chi connectivity index (χ4v) is 2.46. The molecule has 0 bridgehead atoms. The molecule has 7 nitrogen and oxygen atoms in total. The number of urea groups is 1. The summed E-state index contributed by atoms with van der Waals surface area (Å²) >= 11 is 0. The van der Waals surface area contributed by atoms with Crippen molar-refractivity contribution < 1.29 is 19.5 Å². The normalized spacial score (nSPS) is 15.2. The standard InChI is InChI=1S/C16H21N3O4/c1-3-11(2)19(10-14(20)21)15(22)12-4-6-13(7-5-12)18-9-8-17-16(18)23/h4-7,11H,3,8-10H2,1-2H3,(H,17,23)(H,20,21). The molecule has 1 heterocycles. The van der Waals surface area contributed by atoms with Crippen molar-refractivity contribution in [1.82, 2.24) is 10.2 Å². The second kappa shape index (κ2) is 7.13. The smallest absolute Gasteiger partial charge is 0.323 e. The minimum absolute atomic E-state index is 0.156. The molecule has 124 valence electrons. The van der Waals surface area contributed by atoms with Crippen molar-refractivity contribution in [3.63, 3.8) is 0 Å². The van der Waals surface area contributed by atoms with Crippen molar-refractivity contribution in [2.24, 2.45) is 0 Å². The van der Waals surface area contributed by atoms with E-state index in [1.807, 2.05) is 13.8 Å². The van der Waals surface area contributed by atoms with Gasteiger partial charge in [-0.1, -0.05) is 6.92 Å². The molecule has 0 saturated carbocycles. The van der Waals surface area contributed by atoms with E-state index in [1.165, 1.54) is 4.90 Å². The highest BCUT2D eigenvalue weighted by atomic mass is 16.4. The first-order valence-electron chi connectivity index (χ1n) is 7.62. The number of carboxylic acids is 1. The summed E-state index contributed by atoms with van der Waals surface area (Å²) in [6.45, 7) is 4.58. The average Bonchev–Trinajstić information content (AvgIpc) is 2.97. The summed E-state index contributed by atoms with van der Waals surface area (Å²) in [5.74, 6) is -1.36. The van der Waals surface area contributed by atoms with Gasteiger partial charge in [0.15, 0.2) is 0 Å². The molecular weight excluding hydrogens is 298 g/mol. The van der Waals surface area contributed by atoms with Crippen LogP contribution in [-0.2, 0) is 4.79 Å². The lowest BCUT2D eigenvalue weighted by atomic mass is 10.1. The average molecular weight is 319 g/mol. The molecule has 2 N–H and O–H groups in total. The highest BCUT2D eigenvalue weighted by Gasteiger charge is 2.24. The third-order valence-electron chi connectivity index (χ3n) is 3.97. The Morgan fingerprint density at radius 1 is 1.35 bits per heavy atom. The summed E-state index contributed by atoms with van der Waals surface area (Å²) in [4.78, 5) is 38.1. The van der Waals surface area contributed by atoms with Crippen LogP contribution in [0.2, 0.25) is 0 Å². The maximum atomic E-state index is 12.5. The van der Waals surface area contributed by atoms with Crippen LogP contribution in [0.15, 0.2) is 24.3 Å². The van der Waals surface area contributed by atoms with Crippen LogP contribution in [0.5, 0.6) is 0 Å². The number of nitrogens with zero attached hydrogens (tertiary/aromatic N) is 2. The molecular formula is C16H21N3O4. The van der Waals surface area contributed by atoms with Gasteiger partial charge in [0.2, 0.25) is 0 Å². The van der Waals surface area contributed by atoms with E-state index in [0.717, 1.165) is 0 Å². The zero-order valence-electron chi connectivity index (χ0n) is 13.3. The van der Waals surface area contributed by atoms with Gasteiger partial charge >= 0.3 is 12.0 Å². The van der Waals surface area contributed by atoms with Crippen molar-refractivity contribution in [1.29, 1.82) is 0 Å². The van der Waals surface area contributed by atoms with Crippen LogP contribution >= 0.6 is 0 Å². The molecule has 1 fully saturated rings. The van der Waals surface area contributed by atoms with Crippen molar-refractivity contribution in [2.75, 3.05) is 24.5 Å². The second-order valence-corrected chi connectivity index (χ2v) is 5.51. The van der Waals surface area contributed by atoms with E-state index in [2.05, 4.69) is 5.32 Å². The maximum Gasteiger partial charge on any atom is 0.323 e. The molecule has 0 spiro atoms. The van der Waals surface area contributed by atoms with Gasteiger partial charge in [0.25, 0.3) is 5.91 Å². The quantitative estimate of drug-likeness (QED) is 0.832. The number of carbonyl (C=O) groups is 3. The van der Waals surface area contributed by atoms with Gasteiger partial charge < -0.3 is 15.3 Å². The zero-order chi connectivity index (χ0) is 17.0. The number of anilines is 1. The highest BCUT2D eigenvalue weighted by molar-refractivity contribution is 5.98. The topological polar surface area (TPSA) is 90.0 Å². The molecule has 1 saturated heterocycles. The number of nitrogens with one attached hydrogen (secondary N) is 1. The molecule has 1 aliphatic rings. The van der Waals surface area contributed by atoms with Crippen molar-refractivity contribution >= 4 is 23.6 Å². The van der Waals surface area contributed by atoms with E-state index in [9.17, 15) is 14.4 Å². The number of carbonyl (C=O) groups excluding carboxylic acids is 2. The van der Waals surface area contributed by atoms with Gasteiger partial charge in [0.1, 0.15) is 6.54 Å². The van der Waals surface area contributed by atoms with Crippen molar-refractivity contribution in [2.45, 2.75) is 26.3 Å². The van der Waals surface area contributed by atoms with Crippen LogP contribution in [0.3, 0.4) is 0 Å². The Morgan fingerprint density at radius 3 is 2.48 bits per heavy atom. The number of benzene rings is 1. The van der Waals surface area contributed by atoms with Gasteiger partial charge in [-0.2, -0.15) is 0 Å². The molecule has 2 rings (SSSR count). The zero-order valence-corrected chi connectivity index (χ0v) is 13.3. The maximum absolute atomic E-state index is 12.5. The van der Waals surface area contributed by atoms with Crippen LogP contribution in [0.4, 0.5) is 10.5 Å². The molecule has 1 aromatic carbocycles. The second-order valence-electron chi connectivity index (χ2n) is 5.51. The first kappa shape index (κ1) is 16.8. The van der Waals surface area contributed by atoms with E-state index in [1.54, 1.807) is 29.2 Å². The van der Waals surface area contributed by atoms with Crippen LogP contribution < -0.4 is 10.2 Å². The first-order chi connectivity index (χ1) is 10.9. The van der Waals surface area contributed by atoms with Crippen LogP contribution in [0, 0.1) is 0 Å². The minimum atomic E-state index is -1.04. The van der Waals surface area contributed by atoms with E-state index in [0.29, 0.717) is 30.8 Å². The van der Waals surface area contributed by atoms with Gasteiger partial charge in [0.05, 0.1) is 0 Å². The highest BCUT2D eigenvalue weighted by Crippen LogP contribution is 2.19. The fourth-order valence-electron chi connectivity index (χ4n) is 2.46. The van der Waals surface area contributed by atoms with E-state index in [-0.39, 0.29) is 24.5 Å². The fraction of sp³-hybridized carbons (Fsp3) is 0.438. The Kier molecular flexibility index (Phi) is 5.20. The number of aliphatic carboxylic acids is 1. The third-order valence-corrected chi connectivity index (χ3v) is 3.97. The Balaban J connectivity index is 2.17. The van der Waals surface area contributed by atoms with Crippen LogP contribution in [0.25, 0.3) is 0 Å². The Bertz CT molecular complexity index is 600. The van der Waals surface area contributed by atoms with Crippen molar-refractivity contribution in [3.8, 4) is 0 Å². The van der Waals surface area contributed by atoms with E-state index in [4.69, 9.17) is 5.11 Å². The molecule has 7 heteroatoms. The number of amides is 3. The van der Waals surface area contributed by atoms with Gasteiger partial charge in [0, 0.05) is 30.4 Å². The molecule has 1 aromatic rings. The predicted molar refractivity (Wildman–Crippen MR) is 85.6 cm³/mol. The lowest BCUT2D eigenvalue weighted by Crippen LogP contribution is -2.41. The molecule has 1 atom stereocenters. The number of hydrogen-bond acceptors (Lipinski definition) is 3. The first-order valence-corrected chi connectivity index (χ1v) is 7.62. The molecule has 3 amide bonds. The van der Waals surface area contributed by atoms with Gasteiger partial charge in [-0.05, 0) is 37.6 Å². The monoisotopic (exact) mass is 319 g/mol. The molecule has 1 aliphatic heterocycles. The van der Waals surface area contributed by atoms with Gasteiger partial charge in [-0.15, -0.1) is 0 Å². The summed E-state index contributed by atoms with van der Waals surface area (Å²) in [6, 6.07) is 6.33. The number of hydrogen-bond donors (Lipinski definition) is 2. The predicted octanol–water partition coefficient (Wildman–Crippen LogP) is 1.54. The van der Waals surface area contributed by atoms with E-state index < -0.39 is 5.97 Å². The Labute approximate surface area is 134 Å². The van der Waals surface area contributed by atoms with Gasteiger partial charge in [-0.3, -0.25) is 14.5 Å². The summed E-state index contributed by atoms with van der Waals surface area (Å²) in [5.41, 5.74) is 1.12. The SMILES string of the molecule is CCC(C)N(CC(=O)O)C(=O)c1ccc(N2CCNC2=O)cc1. The summed E-state index contributed by atoms with van der Waals surface area (Å²) in [5, 5.41) is 11.7. The van der Waals surface area contributed by atoms with E-state index >= 15 is 0 Å². The summed E-state index contributed by atoms with van der Waals surface area (Å²) in [6.07, 6.45) is 0.672. The van der Waals surface area contributed by atoms with Crippen molar-refractivity contribution in [3.05, 3.63) is 29.8 Å². The van der Waals surface area contributed by atoms with Crippen LogP contribution in [0.1, 0.15) is 30.6 Å². The number of carboxylic acid groups (broad SMARTS) is 1. The molecule has 0 aliphatic carbocycles. The molecule has 1 unspecified atom stereocenters. The molecule has 0 aromatic heterocycles. The number of rotatable bonds is 6. The molecule has 23 heavy (non-hydrogen) atoms. The summed E-state index contributed by atoms with van der Waals surface area (Å²) < 4.78 is 0.